The summed E-state index contributed by atoms with van der Waals surface area (Å²) in [6.07, 6.45) is 4.28. The number of imide groups is 2. The third kappa shape index (κ3) is 3.58. The predicted octanol–water partition coefficient (Wildman–Crippen LogP) is 0.790. The van der Waals surface area contributed by atoms with Crippen LogP contribution in [0.1, 0.15) is 64.8 Å². The van der Waals surface area contributed by atoms with Crippen molar-refractivity contribution in [2.24, 2.45) is 5.73 Å². The molecular weight excluding hydrogens is 372 g/mol. The van der Waals surface area contributed by atoms with Gasteiger partial charge in [-0.2, -0.15) is 0 Å². The summed E-state index contributed by atoms with van der Waals surface area (Å²) in [6.45, 7) is 0.547. The molecule has 2 heterocycles. The fourth-order valence-electron chi connectivity index (χ4n) is 4.66. The highest BCUT2D eigenvalue weighted by molar-refractivity contribution is 6.24. The Labute approximate surface area is 169 Å². The van der Waals surface area contributed by atoms with Crippen LogP contribution in [0.4, 0.5) is 0 Å². The van der Waals surface area contributed by atoms with Gasteiger partial charge in [0, 0.05) is 25.0 Å². The molecule has 154 valence electrons. The molecule has 29 heavy (non-hydrogen) atoms. The van der Waals surface area contributed by atoms with Gasteiger partial charge >= 0.3 is 0 Å². The van der Waals surface area contributed by atoms with Crippen LogP contribution in [-0.2, 0) is 16.1 Å². The lowest BCUT2D eigenvalue weighted by Gasteiger charge is -2.33. The number of fused-ring (bicyclic) bond motifs is 1. The Kier molecular flexibility index (Phi) is 5.23. The molecule has 0 spiro atoms. The Bertz CT molecular complexity index is 875. The molecule has 1 aromatic rings. The van der Waals surface area contributed by atoms with E-state index in [1.54, 1.807) is 12.1 Å². The van der Waals surface area contributed by atoms with Crippen molar-refractivity contribution in [2.45, 2.75) is 63.2 Å². The quantitative estimate of drug-likeness (QED) is 0.725. The first kappa shape index (κ1) is 19.7. The molecular formula is C21H26N4O4. The molecule has 8 nitrogen and oxygen atoms in total. The van der Waals surface area contributed by atoms with Gasteiger partial charge < -0.3 is 5.73 Å². The van der Waals surface area contributed by atoms with E-state index < -0.39 is 23.8 Å². The number of hydrogen-bond acceptors (Lipinski definition) is 6. The Morgan fingerprint density at radius 1 is 1.07 bits per heavy atom. The number of hydrogen-bond donors (Lipinski definition) is 2. The minimum Gasteiger partial charge on any atom is -0.328 e. The van der Waals surface area contributed by atoms with Crippen molar-refractivity contribution in [1.82, 2.24) is 15.1 Å². The zero-order valence-corrected chi connectivity index (χ0v) is 16.5. The molecule has 4 amide bonds. The van der Waals surface area contributed by atoms with E-state index in [1.165, 1.54) is 0 Å². The minimum absolute atomic E-state index is 0.114. The molecule has 0 radical (unpaired) electrons. The smallest absolute Gasteiger partial charge is 0.262 e. The molecule has 1 aliphatic carbocycles. The molecule has 2 fully saturated rings. The van der Waals surface area contributed by atoms with Gasteiger partial charge in [-0.1, -0.05) is 12.1 Å². The van der Waals surface area contributed by atoms with E-state index in [2.05, 4.69) is 10.2 Å². The van der Waals surface area contributed by atoms with Crippen molar-refractivity contribution < 1.29 is 19.2 Å². The molecule has 1 unspecified atom stereocenters. The third-order valence-electron chi connectivity index (χ3n) is 6.34. The molecule has 3 aliphatic rings. The lowest BCUT2D eigenvalue weighted by molar-refractivity contribution is -0.136. The van der Waals surface area contributed by atoms with Gasteiger partial charge in [-0.05, 0) is 50.8 Å². The number of amides is 4. The maximum Gasteiger partial charge on any atom is 0.262 e. The van der Waals surface area contributed by atoms with Gasteiger partial charge in [0.2, 0.25) is 11.8 Å². The first-order valence-corrected chi connectivity index (χ1v) is 10.2. The highest BCUT2D eigenvalue weighted by Gasteiger charge is 2.45. The molecule has 0 bridgehead atoms. The summed E-state index contributed by atoms with van der Waals surface area (Å²) in [5, 5.41) is 2.23. The number of carbonyl (C=O) groups excluding carboxylic acids is 4. The third-order valence-corrected chi connectivity index (χ3v) is 6.34. The summed E-state index contributed by atoms with van der Waals surface area (Å²) in [5.74, 6) is -1.88. The maximum absolute atomic E-state index is 13.2. The lowest BCUT2D eigenvalue weighted by atomic mass is 9.90. The molecule has 1 saturated heterocycles. The van der Waals surface area contributed by atoms with Gasteiger partial charge in [-0.3, -0.25) is 34.3 Å². The molecule has 4 rings (SSSR count). The Balaban J connectivity index is 1.56. The summed E-state index contributed by atoms with van der Waals surface area (Å²) >= 11 is 0. The first-order valence-electron chi connectivity index (χ1n) is 10.2. The first-order chi connectivity index (χ1) is 13.9. The fraction of sp³-hybridized carbons (Fsp3) is 0.524. The van der Waals surface area contributed by atoms with E-state index in [4.69, 9.17) is 5.73 Å². The molecule has 0 aromatic heterocycles. The number of rotatable bonds is 4. The Morgan fingerprint density at radius 3 is 2.48 bits per heavy atom. The van der Waals surface area contributed by atoms with Crippen molar-refractivity contribution in [1.29, 1.82) is 0 Å². The highest BCUT2D eigenvalue weighted by atomic mass is 16.2. The maximum atomic E-state index is 13.2. The average Bonchev–Trinajstić information content (AvgIpc) is 2.94. The fourth-order valence-corrected chi connectivity index (χ4v) is 4.66. The van der Waals surface area contributed by atoms with E-state index >= 15 is 0 Å². The largest absolute Gasteiger partial charge is 0.328 e. The van der Waals surface area contributed by atoms with Crippen molar-refractivity contribution in [3.05, 3.63) is 34.9 Å². The zero-order valence-electron chi connectivity index (χ0n) is 16.5. The van der Waals surface area contributed by atoms with Crippen LogP contribution in [0, 0.1) is 0 Å². The van der Waals surface area contributed by atoms with Crippen molar-refractivity contribution in [3.63, 3.8) is 0 Å². The highest BCUT2D eigenvalue weighted by Crippen LogP contribution is 2.31. The van der Waals surface area contributed by atoms with E-state index in [1.807, 2.05) is 13.1 Å². The van der Waals surface area contributed by atoms with Crippen LogP contribution in [0.5, 0.6) is 0 Å². The Hall–Kier alpha value is -2.58. The summed E-state index contributed by atoms with van der Waals surface area (Å²) in [7, 11) is 2.03. The standard InChI is InChI=1S/C21H26N4O4/c1-24(14-7-5-13(22)6-8-14)11-12-3-2-4-15-18(12)21(29)25(20(15)28)16-9-10-17(26)23-19(16)27/h2-4,13-14,16H,5-11,22H2,1H3,(H,23,26,27). The van der Waals surface area contributed by atoms with Crippen LogP contribution >= 0.6 is 0 Å². The van der Waals surface area contributed by atoms with Crippen molar-refractivity contribution in [3.8, 4) is 0 Å². The van der Waals surface area contributed by atoms with Gasteiger partial charge in [0.15, 0.2) is 0 Å². The Morgan fingerprint density at radius 2 is 1.79 bits per heavy atom. The van der Waals surface area contributed by atoms with Crippen LogP contribution in [0.25, 0.3) is 0 Å². The van der Waals surface area contributed by atoms with E-state index in [0.29, 0.717) is 23.7 Å². The van der Waals surface area contributed by atoms with E-state index in [-0.39, 0.29) is 24.8 Å². The number of nitrogens with zero attached hydrogens (tertiary/aromatic N) is 2. The number of carbonyl (C=O) groups is 4. The van der Waals surface area contributed by atoms with E-state index in [0.717, 1.165) is 36.1 Å². The molecule has 2 aliphatic heterocycles. The number of benzene rings is 1. The second-order valence-electron chi connectivity index (χ2n) is 8.27. The van der Waals surface area contributed by atoms with Gasteiger partial charge in [-0.15, -0.1) is 0 Å². The number of nitrogens with two attached hydrogens (primary N) is 1. The van der Waals surface area contributed by atoms with E-state index in [9.17, 15) is 19.2 Å². The number of nitrogens with one attached hydrogen (secondary N) is 1. The summed E-state index contributed by atoms with van der Waals surface area (Å²) in [6, 6.07) is 4.99. The predicted molar refractivity (Wildman–Crippen MR) is 105 cm³/mol. The number of piperidine rings is 1. The van der Waals surface area contributed by atoms with Gasteiger partial charge in [0.05, 0.1) is 11.1 Å². The van der Waals surface area contributed by atoms with Crippen LogP contribution in [0.3, 0.4) is 0 Å². The van der Waals surface area contributed by atoms with Crippen LogP contribution < -0.4 is 11.1 Å². The second-order valence-corrected chi connectivity index (χ2v) is 8.27. The topological polar surface area (TPSA) is 113 Å². The molecule has 3 N–H and O–H groups in total. The summed E-state index contributed by atoms with van der Waals surface area (Å²) < 4.78 is 0. The molecule has 1 atom stereocenters. The molecule has 1 aromatic carbocycles. The lowest BCUT2D eigenvalue weighted by Crippen LogP contribution is -2.54. The normalized spacial score (nSPS) is 27.4. The van der Waals surface area contributed by atoms with Crippen molar-refractivity contribution in [2.75, 3.05) is 7.05 Å². The minimum atomic E-state index is -0.939. The van der Waals surface area contributed by atoms with Crippen molar-refractivity contribution >= 4 is 23.6 Å². The van der Waals surface area contributed by atoms with Gasteiger partial charge in [-0.25, -0.2) is 0 Å². The average molecular weight is 398 g/mol. The van der Waals surface area contributed by atoms with Gasteiger partial charge in [0.1, 0.15) is 6.04 Å². The monoisotopic (exact) mass is 398 g/mol. The zero-order chi connectivity index (χ0) is 20.7. The van der Waals surface area contributed by atoms with Crippen LogP contribution in [-0.4, -0.2) is 58.6 Å². The van der Waals surface area contributed by atoms with Crippen LogP contribution in [0.2, 0.25) is 0 Å². The molecule has 1 saturated carbocycles. The molecule has 8 heteroatoms. The SMILES string of the molecule is CN(Cc1cccc2c1C(=O)N(C1CCC(=O)NC1=O)C2=O)C1CCC(N)CC1. The second kappa shape index (κ2) is 7.68. The van der Waals surface area contributed by atoms with Gasteiger partial charge in [0.25, 0.3) is 11.8 Å². The summed E-state index contributed by atoms with van der Waals surface area (Å²) in [5.41, 5.74) is 7.49. The van der Waals surface area contributed by atoms with Crippen LogP contribution in [0.15, 0.2) is 18.2 Å². The summed E-state index contributed by atoms with van der Waals surface area (Å²) in [4.78, 5) is 53.0.